The summed E-state index contributed by atoms with van der Waals surface area (Å²) in [6, 6.07) is 0. The van der Waals surface area contributed by atoms with E-state index in [0.717, 1.165) is 60.6 Å². The SMILES string of the molecule is C=CC(=O)[O][Ti]([O]C(=O)C=C)([O]C(=O)C=C)[C]1(C)C(C)=CC2=C1CCCC2. The van der Waals surface area contributed by atoms with Crippen molar-refractivity contribution in [1.29, 1.82) is 0 Å². The number of hydrogen-bond donors (Lipinski definition) is 0. The van der Waals surface area contributed by atoms with Crippen molar-refractivity contribution in [2.24, 2.45) is 0 Å². The van der Waals surface area contributed by atoms with Crippen LogP contribution in [0.1, 0.15) is 39.5 Å². The van der Waals surface area contributed by atoms with E-state index < -0.39 is 39.4 Å². The zero-order valence-corrected chi connectivity index (χ0v) is 17.3. The van der Waals surface area contributed by atoms with Gasteiger partial charge in [-0.05, 0) is 0 Å². The number of hydrogen-bond acceptors (Lipinski definition) is 6. The normalized spacial score (nSPS) is 21.5. The summed E-state index contributed by atoms with van der Waals surface area (Å²) in [4.78, 5) is 36.5. The summed E-state index contributed by atoms with van der Waals surface area (Å²) in [7, 11) is 0. The molecule has 0 aromatic rings. The maximum atomic E-state index is 12.2. The van der Waals surface area contributed by atoms with Gasteiger partial charge in [0.1, 0.15) is 0 Å². The number of allylic oxidation sites excluding steroid dienone is 4. The standard InChI is InChI=1S/C11H15.3C3H4O2.Ti/c1-8-7-10-5-3-4-6-11(10)9(8)2;3*1-2-3(4)5;/h7H,3-6H2,1-2H3;3*2H,1H2,(H,4,5);/q;;;;+3/p-3. The van der Waals surface area contributed by atoms with Gasteiger partial charge in [0, 0.05) is 0 Å². The van der Waals surface area contributed by atoms with E-state index in [2.05, 4.69) is 19.7 Å². The van der Waals surface area contributed by atoms with Crippen molar-refractivity contribution in [3.8, 4) is 0 Å². The number of carbonyl (C=O) groups is 3. The van der Waals surface area contributed by atoms with Crippen LogP contribution in [0.3, 0.4) is 0 Å². The van der Waals surface area contributed by atoms with Crippen LogP contribution in [0.15, 0.2) is 60.8 Å². The predicted octanol–water partition coefficient (Wildman–Crippen LogP) is 4.08. The third kappa shape index (κ3) is 3.78. The van der Waals surface area contributed by atoms with Gasteiger partial charge in [-0.2, -0.15) is 0 Å². The van der Waals surface area contributed by atoms with E-state index in [1.807, 2.05) is 19.9 Å². The molecule has 0 saturated carbocycles. The van der Waals surface area contributed by atoms with Crippen LogP contribution in [-0.4, -0.2) is 17.9 Å². The molecule has 0 bridgehead atoms. The topological polar surface area (TPSA) is 78.9 Å². The Morgan fingerprint density at radius 1 is 0.963 bits per heavy atom. The molecule has 0 N–H and O–H groups in total. The van der Waals surface area contributed by atoms with E-state index in [9.17, 15) is 14.4 Å². The molecule has 2 rings (SSSR count). The summed E-state index contributed by atoms with van der Waals surface area (Å²) in [5, 5.41) is 0. The third-order valence-electron chi connectivity index (χ3n) is 5.11. The quantitative estimate of drug-likeness (QED) is 0.467. The molecule has 0 aromatic carbocycles. The van der Waals surface area contributed by atoms with Gasteiger partial charge in [-0.15, -0.1) is 0 Å². The van der Waals surface area contributed by atoms with Gasteiger partial charge >= 0.3 is 164 Å². The molecule has 0 aromatic heterocycles. The summed E-state index contributed by atoms with van der Waals surface area (Å²) in [6.45, 7) is 13.9. The Morgan fingerprint density at radius 2 is 1.41 bits per heavy atom. The Balaban J connectivity index is 2.70. The predicted molar refractivity (Wildman–Crippen MR) is 96.5 cm³/mol. The molecule has 6 nitrogen and oxygen atoms in total. The fourth-order valence-corrected chi connectivity index (χ4v) is 8.29. The van der Waals surface area contributed by atoms with Crippen LogP contribution in [0.4, 0.5) is 0 Å². The first-order valence-corrected chi connectivity index (χ1v) is 11.4. The Labute approximate surface area is 164 Å². The average molecular weight is 408 g/mol. The second-order valence-electron chi connectivity index (χ2n) is 6.60. The van der Waals surface area contributed by atoms with E-state index in [4.69, 9.17) is 9.96 Å². The second kappa shape index (κ2) is 8.23. The van der Waals surface area contributed by atoms with Crippen LogP contribution < -0.4 is 0 Å². The van der Waals surface area contributed by atoms with Crippen LogP contribution in [-0.2, 0) is 42.1 Å². The molecule has 1 atom stereocenters. The molecule has 0 radical (unpaired) electrons. The molecule has 2 aliphatic carbocycles. The molecular formula is C20H24O6Ti. The molecular weight excluding hydrogens is 384 g/mol. The molecule has 27 heavy (non-hydrogen) atoms. The van der Waals surface area contributed by atoms with Crippen molar-refractivity contribution < 1.29 is 42.1 Å². The number of carbonyl (C=O) groups excluding carboxylic acids is 3. The van der Waals surface area contributed by atoms with Crippen molar-refractivity contribution in [2.75, 3.05) is 0 Å². The van der Waals surface area contributed by atoms with Gasteiger partial charge in [-0.25, -0.2) is 0 Å². The molecule has 144 valence electrons. The van der Waals surface area contributed by atoms with Gasteiger partial charge in [0.25, 0.3) is 0 Å². The van der Waals surface area contributed by atoms with E-state index in [1.54, 1.807) is 0 Å². The molecule has 0 fully saturated rings. The Morgan fingerprint density at radius 3 is 1.85 bits per heavy atom. The van der Waals surface area contributed by atoms with Gasteiger partial charge in [0.15, 0.2) is 0 Å². The summed E-state index contributed by atoms with van der Waals surface area (Å²) in [5.74, 6) is -2.45. The van der Waals surface area contributed by atoms with Crippen LogP contribution in [0, 0.1) is 0 Å². The van der Waals surface area contributed by atoms with Crippen molar-refractivity contribution in [1.82, 2.24) is 0 Å². The van der Waals surface area contributed by atoms with Crippen molar-refractivity contribution in [2.45, 2.75) is 43.3 Å². The van der Waals surface area contributed by atoms with Crippen molar-refractivity contribution in [3.05, 3.63) is 60.8 Å². The zero-order valence-electron chi connectivity index (χ0n) is 15.7. The first-order chi connectivity index (χ1) is 12.7. The molecule has 7 heteroatoms. The van der Waals surface area contributed by atoms with E-state index in [-0.39, 0.29) is 0 Å². The fourth-order valence-electron chi connectivity index (χ4n) is 3.62. The Kier molecular flexibility index (Phi) is 6.44. The van der Waals surface area contributed by atoms with Gasteiger partial charge in [0.2, 0.25) is 0 Å². The van der Waals surface area contributed by atoms with Gasteiger partial charge in [-0.3, -0.25) is 0 Å². The Hall–Kier alpha value is -2.18. The summed E-state index contributed by atoms with van der Waals surface area (Å²) in [5.41, 5.74) is 2.95. The summed E-state index contributed by atoms with van der Waals surface area (Å²) < 4.78 is 15.8. The minimum atomic E-state index is -4.98. The van der Waals surface area contributed by atoms with E-state index in [0.29, 0.717) is 0 Å². The minimum absolute atomic E-state index is 0.746. The van der Waals surface area contributed by atoms with Crippen LogP contribution in [0.25, 0.3) is 0 Å². The first-order valence-electron chi connectivity index (χ1n) is 8.71. The number of rotatable bonds is 7. The molecule has 1 unspecified atom stereocenters. The summed E-state index contributed by atoms with van der Waals surface area (Å²) >= 11 is -4.98. The fraction of sp³-hybridized carbons (Fsp3) is 0.350. The average Bonchev–Trinajstić information content (AvgIpc) is 2.93. The Bertz CT molecular complexity index is 720. The third-order valence-corrected chi connectivity index (χ3v) is 10.3. The molecule has 0 aliphatic heterocycles. The summed E-state index contributed by atoms with van der Waals surface area (Å²) in [6.07, 6.45) is 8.50. The molecule has 0 saturated heterocycles. The van der Waals surface area contributed by atoms with Gasteiger partial charge < -0.3 is 0 Å². The van der Waals surface area contributed by atoms with E-state index in [1.165, 1.54) is 0 Å². The maximum absolute atomic E-state index is 12.2. The first kappa shape index (κ1) is 21.1. The second-order valence-corrected chi connectivity index (χ2v) is 10.8. The van der Waals surface area contributed by atoms with Crippen molar-refractivity contribution in [3.63, 3.8) is 0 Å². The van der Waals surface area contributed by atoms with Gasteiger partial charge in [-0.1, -0.05) is 0 Å². The molecule has 0 spiro atoms. The molecule has 0 amide bonds. The van der Waals surface area contributed by atoms with E-state index >= 15 is 0 Å². The molecule has 0 heterocycles. The monoisotopic (exact) mass is 408 g/mol. The van der Waals surface area contributed by atoms with Crippen molar-refractivity contribution >= 4 is 17.9 Å². The van der Waals surface area contributed by atoms with Gasteiger partial charge in [0.05, 0.1) is 0 Å². The van der Waals surface area contributed by atoms with Crippen LogP contribution >= 0.6 is 0 Å². The zero-order chi connectivity index (χ0) is 20.2. The molecule has 2 aliphatic rings. The van der Waals surface area contributed by atoms with Crippen LogP contribution in [0.2, 0.25) is 3.72 Å². The van der Waals surface area contributed by atoms with Crippen LogP contribution in [0.5, 0.6) is 0 Å².